The van der Waals surface area contributed by atoms with E-state index in [1.807, 2.05) is 6.92 Å². The van der Waals surface area contributed by atoms with Crippen LogP contribution in [0.3, 0.4) is 0 Å². The van der Waals surface area contributed by atoms with Gasteiger partial charge in [-0.1, -0.05) is 6.07 Å². The van der Waals surface area contributed by atoms with Crippen LogP contribution in [-0.2, 0) is 16.1 Å². The number of aromatic nitrogens is 1. The average molecular weight is 225 g/mol. The molecule has 0 bridgehead atoms. The Balaban J connectivity index is 2.63. The Labute approximate surface area is 94.0 Å². The molecule has 1 N–H and O–H groups in total. The standard InChI is InChI=1S/C11H15NO4/c1-8(6-15-2)16-7-9-4-3-5-12-10(9)11(13)14/h3-5,8H,6-7H2,1-2H3,(H,13,14). The number of carboxylic acids is 1. The molecule has 0 radical (unpaired) electrons. The lowest BCUT2D eigenvalue weighted by molar-refractivity contribution is -0.000665. The van der Waals surface area contributed by atoms with Crippen LogP contribution in [0.5, 0.6) is 0 Å². The maximum Gasteiger partial charge on any atom is 0.354 e. The first-order chi connectivity index (χ1) is 7.65. The van der Waals surface area contributed by atoms with Crippen LogP contribution in [0.4, 0.5) is 0 Å². The molecule has 1 heterocycles. The Bertz CT molecular complexity index is 354. The Morgan fingerprint density at radius 2 is 2.38 bits per heavy atom. The summed E-state index contributed by atoms with van der Waals surface area (Å²) in [4.78, 5) is 14.6. The van der Waals surface area contributed by atoms with Crippen molar-refractivity contribution < 1.29 is 19.4 Å². The molecule has 0 saturated carbocycles. The zero-order chi connectivity index (χ0) is 12.0. The molecular weight excluding hydrogens is 210 g/mol. The van der Waals surface area contributed by atoms with E-state index in [1.165, 1.54) is 6.20 Å². The number of hydrogen-bond donors (Lipinski definition) is 1. The minimum Gasteiger partial charge on any atom is -0.477 e. The molecule has 0 aromatic carbocycles. The molecule has 0 aliphatic carbocycles. The van der Waals surface area contributed by atoms with E-state index in [1.54, 1.807) is 19.2 Å². The van der Waals surface area contributed by atoms with Crippen molar-refractivity contribution in [2.45, 2.75) is 19.6 Å². The van der Waals surface area contributed by atoms with E-state index in [0.717, 1.165) is 0 Å². The smallest absolute Gasteiger partial charge is 0.354 e. The molecule has 0 aliphatic rings. The van der Waals surface area contributed by atoms with Crippen molar-refractivity contribution in [2.24, 2.45) is 0 Å². The molecular formula is C11H15NO4. The maximum absolute atomic E-state index is 10.8. The third-order valence-corrected chi connectivity index (χ3v) is 2.02. The molecule has 1 aromatic rings. The molecule has 0 saturated heterocycles. The zero-order valence-electron chi connectivity index (χ0n) is 9.34. The van der Waals surface area contributed by atoms with Gasteiger partial charge in [0.15, 0.2) is 5.69 Å². The number of carbonyl (C=O) groups is 1. The second-order valence-corrected chi connectivity index (χ2v) is 3.39. The lowest BCUT2D eigenvalue weighted by Crippen LogP contribution is -2.16. The predicted octanol–water partition coefficient (Wildman–Crippen LogP) is 1.33. The van der Waals surface area contributed by atoms with Crippen molar-refractivity contribution in [1.29, 1.82) is 0 Å². The van der Waals surface area contributed by atoms with Gasteiger partial charge in [0.1, 0.15) is 0 Å². The van der Waals surface area contributed by atoms with Gasteiger partial charge in [-0.25, -0.2) is 9.78 Å². The van der Waals surface area contributed by atoms with Gasteiger partial charge in [-0.15, -0.1) is 0 Å². The fourth-order valence-electron chi connectivity index (χ4n) is 1.26. The lowest BCUT2D eigenvalue weighted by Gasteiger charge is -2.12. The van der Waals surface area contributed by atoms with Crippen molar-refractivity contribution in [3.8, 4) is 0 Å². The largest absolute Gasteiger partial charge is 0.477 e. The summed E-state index contributed by atoms with van der Waals surface area (Å²) in [7, 11) is 1.59. The van der Waals surface area contributed by atoms with E-state index in [2.05, 4.69) is 4.98 Å². The van der Waals surface area contributed by atoms with E-state index in [4.69, 9.17) is 14.6 Å². The first-order valence-electron chi connectivity index (χ1n) is 4.93. The quantitative estimate of drug-likeness (QED) is 0.791. The molecule has 88 valence electrons. The molecule has 16 heavy (non-hydrogen) atoms. The van der Waals surface area contributed by atoms with Gasteiger partial charge in [-0.3, -0.25) is 0 Å². The molecule has 5 heteroatoms. The number of nitrogens with zero attached hydrogens (tertiary/aromatic N) is 1. The number of methoxy groups -OCH3 is 1. The summed E-state index contributed by atoms with van der Waals surface area (Å²) in [5.41, 5.74) is 0.602. The monoisotopic (exact) mass is 225 g/mol. The van der Waals surface area contributed by atoms with E-state index in [0.29, 0.717) is 12.2 Å². The third kappa shape index (κ3) is 3.60. The van der Waals surface area contributed by atoms with Crippen molar-refractivity contribution in [3.63, 3.8) is 0 Å². The van der Waals surface area contributed by atoms with Gasteiger partial charge in [-0.2, -0.15) is 0 Å². The summed E-state index contributed by atoms with van der Waals surface area (Å²) in [6.45, 7) is 2.56. The van der Waals surface area contributed by atoms with Crippen molar-refractivity contribution in [3.05, 3.63) is 29.6 Å². The number of ether oxygens (including phenoxy) is 2. The molecule has 1 aromatic heterocycles. The molecule has 1 unspecified atom stereocenters. The van der Waals surface area contributed by atoms with Gasteiger partial charge < -0.3 is 14.6 Å². The van der Waals surface area contributed by atoms with Crippen LogP contribution in [0.1, 0.15) is 23.0 Å². The number of rotatable bonds is 6. The third-order valence-electron chi connectivity index (χ3n) is 2.02. The maximum atomic E-state index is 10.8. The lowest BCUT2D eigenvalue weighted by atomic mass is 10.2. The first kappa shape index (κ1) is 12.6. The summed E-state index contributed by atoms with van der Waals surface area (Å²) in [5, 5.41) is 8.89. The van der Waals surface area contributed by atoms with E-state index >= 15 is 0 Å². The molecule has 1 rings (SSSR count). The zero-order valence-corrected chi connectivity index (χ0v) is 9.34. The minimum absolute atomic E-state index is 0.0344. The Morgan fingerprint density at radius 1 is 1.62 bits per heavy atom. The highest BCUT2D eigenvalue weighted by Gasteiger charge is 2.11. The van der Waals surface area contributed by atoms with E-state index in [9.17, 15) is 4.79 Å². The van der Waals surface area contributed by atoms with Crippen molar-refractivity contribution in [1.82, 2.24) is 4.98 Å². The Hall–Kier alpha value is -1.46. The van der Waals surface area contributed by atoms with Crippen molar-refractivity contribution >= 4 is 5.97 Å². The van der Waals surface area contributed by atoms with Crippen LogP contribution in [-0.4, -0.2) is 35.9 Å². The summed E-state index contributed by atoms with van der Waals surface area (Å²) in [5.74, 6) is -1.04. The van der Waals surface area contributed by atoms with Gasteiger partial charge in [0.25, 0.3) is 0 Å². The van der Waals surface area contributed by atoms with Gasteiger partial charge >= 0.3 is 5.97 Å². The summed E-state index contributed by atoms with van der Waals surface area (Å²) < 4.78 is 10.3. The highest BCUT2D eigenvalue weighted by Crippen LogP contribution is 2.08. The second-order valence-electron chi connectivity index (χ2n) is 3.39. The molecule has 5 nitrogen and oxygen atoms in total. The fraction of sp³-hybridized carbons (Fsp3) is 0.455. The topological polar surface area (TPSA) is 68.7 Å². The van der Waals surface area contributed by atoms with Crippen LogP contribution in [0.2, 0.25) is 0 Å². The summed E-state index contributed by atoms with van der Waals surface area (Å²) in [6.07, 6.45) is 1.37. The van der Waals surface area contributed by atoms with E-state index in [-0.39, 0.29) is 18.4 Å². The van der Waals surface area contributed by atoms with Gasteiger partial charge in [0, 0.05) is 18.9 Å². The van der Waals surface area contributed by atoms with Crippen LogP contribution < -0.4 is 0 Å². The average Bonchev–Trinajstić information content (AvgIpc) is 2.27. The first-order valence-corrected chi connectivity index (χ1v) is 4.93. The number of aromatic carboxylic acids is 1. The van der Waals surface area contributed by atoms with Crippen LogP contribution in [0, 0.1) is 0 Å². The molecule has 0 spiro atoms. The number of hydrogen-bond acceptors (Lipinski definition) is 4. The van der Waals surface area contributed by atoms with Gasteiger partial charge in [0.05, 0.1) is 19.3 Å². The SMILES string of the molecule is COCC(C)OCc1cccnc1C(=O)O. The van der Waals surface area contributed by atoms with Gasteiger partial charge in [0.2, 0.25) is 0 Å². The summed E-state index contributed by atoms with van der Waals surface area (Å²) >= 11 is 0. The molecule has 0 fully saturated rings. The highest BCUT2D eigenvalue weighted by atomic mass is 16.5. The molecule has 0 aliphatic heterocycles. The van der Waals surface area contributed by atoms with Crippen LogP contribution in [0.15, 0.2) is 18.3 Å². The second kappa shape index (κ2) is 6.19. The highest BCUT2D eigenvalue weighted by molar-refractivity contribution is 5.86. The fourth-order valence-corrected chi connectivity index (χ4v) is 1.26. The van der Waals surface area contributed by atoms with Crippen LogP contribution in [0.25, 0.3) is 0 Å². The Morgan fingerprint density at radius 3 is 3.00 bits per heavy atom. The van der Waals surface area contributed by atoms with Crippen molar-refractivity contribution in [2.75, 3.05) is 13.7 Å². The summed E-state index contributed by atoms with van der Waals surface area (Å²) in [6, 6.07) is 3.38. The number of carboxylic acid groups (broad SMARTS) is 1. The van der Waals surface area contributed by atoms with Crippen LogP contribution >= 0.6 is 0 Å². The van der Waals surface area contributed by atoms with Gasteiger partial charge in [-0.05, 0) is 13.0 Å². The minimum atomic E-state index is -1.04. The Kier molecular flexibility index (Phi) is 4.88. The van der Waals surface area contributed by atoms with E-state index < -0.39 is 5.97 Å². The molecule has 0 amide bonds. The normalized spacial score (nSPS) is 12.4. The molecule has 1 atom stereocenters. The predicted molar refractivity (Wildman–Crippen MR) is 57.3 cm³/mol. The number of pyridine rings is 1.